The van der Waals surface area contributed by atoms with Crippen molar-refractivity contribution in [1.82, 2.24) is 0 Å². The van der Waals surface area contributed by atoms with Crippen LogP contribution in [0.2, 0.25) is 0 Å². The van der Waals surface area contributed by atoms with Gasteiger partial charge in [-0.2, -0.15) is 0 Å². The average Bonchev–Trinajstić information content (AvgIpc) is 3.46. The van der Waals surface area contributed by atoms with Gasteiger partial charge in [0.25, 0.3) is 0 Å². The van der Waals surface area contributed by atoms with E-state index in [-0.39, 0.29) is 37.5 Å². The van der Waals surface area contributed by atoms with E-state index in [1.807, 2.05) is 12.2 Å². The number of carbonyl (C=O) groups excluding carboxylic acids is 3. The van der Waals surface area contributed by atoms with E-state index in [0.717, 1.165) is 154 Å². The highest BCUT2D eigenvalue weighted by Gasteiger charge is 2.19. The van der Waals surface area contributed by atoms with Gasteiger partial charge in [0.1, 0.15) is 13.2 Å². The van der Waals surface area contributed by atoms with Gasteiger partial charge in [-0.1, -0.05) is 274 Å². The van der Waals surface area contributed by atoms with Crippen LogP contribution in [0.1, 0.15) is 252 Å². The molecule has 1 atom stereocenters. The van der Waals surface area contributed by atoms with E-state index < -0.39 is 6.10 Å². The Kier molecular flexibility index (Phi) is 62.5. The van der Waals surface area contributed by atoms with Crippen LogP contribution < -0.4 is 0 Å². The van der Waals surface area contributed by atoms with Gasteiger partial charge in [-0.3, -0.25) is 14.4 Å². The number of esters is 3. The number of carbonyl (C=O) groups is 3. The van der Waals surface area contributed by atoms with Crippen molar-refractivity contribution < 1.29 is 28.6 Å². The third kappa shape index (κ3) is 65.2. The van der Waals surface area contributed by atoms with Crippen molar-refractivity contribution in [2.45, 2.75) is 258 Å². The Hall–Kier alpha value is -5.49. The number of allylic oxidation sites excluding steroid dienone is 30. The van der Waals surface area contributed by atoms with Crippen LogP contribution in [0.25, 0.3) is 0 Å². The monoisotopic (exact) mass is 1110 g/mol. The molecule has 6 nitrogen and oxygen atoms in total. The van der Waals surface area contributed by atoms with Gasteiger partial charge in [-0.05, 0) is 141 Å². The van der Waals surface area contributed by atoms with Crippen LogP contribution in [0.3, 0.4) is 0 Å². The first-order valence-corrected chi connectivity index (χ1v) is 32.3. The molecule has 0 N–H and O–H groups in total. The van der Waals surface area contributed by atoms with Crippen LogP contribution in [-0.2, 0) is 28.6 Å². The zero-order valence-electron chi connectivity index (χ0n) is 51.7. The lowest BCUT2D eigenvalue weighted by molar-refractivity contribution is -0.166. The third-order valence-corrected chi connectivity index (χ3v) is 12.9. The maximum atomic E-state index is 12.9. The molecule has 0 fully saturated rings. The highest BCUT2D eigenvalue weighted by molar-refractivity contribution is 5.71. The Labute approximate surface area is 497 Å². The van der Waals surface area contributed by atoms with Gasteiger partial charge in [-0.15, -0.1) is 0 Å². The van der Waals surface area contributed by atoms with Gasteiger partial charge < -0.3 is 14.2 Å². The third-order valence-electron chi connectivity index (χ3n) is 12.9. The molecule has 0 spiro atoms. The fourth-order valence-electron chi connectivity index (χ4n) is 8.19. The van der Waals surface area contributed by atoms with E-state index in [0.29, 0.717) is 19.3 Å². The lowest BCUT2D eigenvalue weighted by atomic mass is 10.1. The maximum absolute atomic E-state index is 12.9. The highest BCUT2D eigenvalue weighted by atomic mass is 16.6. The predicted molar refractivity (Wildman–Crippen MR) is 352 cm³/mol. The SMILES string of the molecule is CC/C=C\C/C=C\C/C=C\C/C=C\C/C=C\C/C=C\C/C=C\CCCCCCCCCC(=O)OCC(COC(=O)CC/C=C\C/C=C\C/C=C\C/C=C\CC)OC(=O)CCCCCCCCCC/C=C\C/C=C\C/C=C\C/C=C\CC. The van der Waals surface area contributed by atoms with Crippen molar-refractivity contribution in [3.8, 4) is 0 Å². The Bertz CT molecular complexity index is 1900. The fraction of sp³-hybridized carbons (Fsp3) is 0.560. The molecule has 0 aromatic heterocycles. The summed E-state index contributed by atoms with van der Waals surface area (Å²) in [7, 11) is 0. The average molecular weight is 1110 g/mol. The minimum absolute atomic E-state index is 0.118. The van der Waals surface area contributed by atoms with Crippen molar-refractivity contribution in [2.75, 3.05) is 13.2 Å². The molecule has 0 aliphatic heterocycles. The predicted octanol–water partition coefficient (Wildman–Crippen LogP) is 22.4. The van der Waals surface area contributed by atoms with Crippen LogP contribution in [0.4, 0.5) is 0 Å². The van der Waals surface area contributed by atoms with Crippen molar-refractivity contribution in [1.29, 1.82) is 0 Å². The summed E-state index contributed by atoms with van der Waals surface area (Å²) in [5.41, 5.74) is 0. The van der Waals surface area contributed by atoms with Gasteiger partial charge in [-0.25, -0.2) is 0 Å². The lowest BCUT2D eigenvalue weighted by Gasteiger charge is -2.18. The molecular formula is C75H116O6. The molecule has 0 amide bonds. The molecule has 0 aromatic rings. The molecule has 0 saturated carbocycles. The normalized spacial score (nSPS) is 13.4. The Morgan fingerprint density at radius 2 is 0.469 bits per heavy atom. The van der Waals surface area contributed by atoms with Gasteiger partial charge in [0.05, 0.1) is 0 Å². The number of ether oxygens (including phenoxy) is 3. The molecule has 6 heteroatoms. The number of unbranched alkanes of at least 4 members (excludes halogenated alkanes) is 15. The smallest absolute Gasteiger partial charge is 0.306 e. The zero-order chi connectivity index (χ0) is 58.5. The minimum atomic E-state index is -0.828. The van der Waals surface area contributed by atoms with E-state index in [2.05, 4.69) is 191 Å². The van der Waals surface area contributed by atoms with Crippen molar-refractivity contribution >= 4 is 17.9 Å². The number of rotatable bonds is 56. The van der Waals surface area contributed by atoms with Crippen molar-refractivity contribution in [3.63, 3.8) is 0 Å². The lowest BCUT2D eigenvalue weighted by Crippen LogP contribution is -2.30. The first kappa shape index (κ1) is 75.5. The topological polar surface area (TPSA) is 78.9 Å². The van der Waals surface area contributed by atoms with Crippen LogP contribution in [0.15, 0.2) is 182 Å². The van der Waals surface area contributed by atoms with Crippen LogP contribution in [-0.4, -0.2) is 37.2 Å². The largest absolute Gasteiger partial charge is 0.462 e. The zero-order valence-corrected chi connectivity index (χ0v) is 51.7. The summed E-state index contributed by atoms with van der Waals surface area (Å²) in [6.45, 7) is 6.21. The molecular weight excluding hydrogens is 997 g/mol. The quantitative estimate of drug-likeness (QED) is 0.0261. The van der Waals surface area contributed by atoms with E-state index in [4.69, 9.17) is 14.2 Å². The first-order valence-electron chi connectivity index (χ1n) is 32.3. The van der Waals surface area contributed by atoms with E-state index in [9.17, 15) is 14.4 Å². The summed E-state index contributed by atoms with van der Waals surface area (Å²) in [6.07, 6.45) is 101. The van der Waals surface area contributed by atoms with Crippen LogP contribution in [0.5, 0.6) is 0 Å². The minimum Gasteiger partial charge on any atom is -0.462 e. The molecule has 0 saturated heterocycles. The molecule has 0 aromatic carbocycles. The summed E-state index contributed by atoms with van der Waals surface area (Å²) in [6, 6.07) is 0. The Morgan fingerprint density at radius 3 is 0.765 bits per heavy atom. The second-order valence-electron chi connectivity index (χ2n) is 20.5. The molecule has 0 rings (SSSR count). The Morgan fingerprint density at radius 1 is 0.247 bits per heavy atom. The summed E-state index contributed by atoms with van der Waals surface area (Å²) in [5, 5.41) is 0. The summed E-state index contributed by atoms with van der Waals surface area (Å²) < 4.78 is 16.8. The standard InChI is InChI=1S/C75H116O6/c1-4-7-10-13-16-19-22-25-27-29-31-33-34-35-36-37-38-39-40-42-43-45-47-50-53-56-59-62-65-68-74(77)80-71-72(70-79-73(76)67-64-61-58-55-52-49-24-21-18-15-12-9-6-3)81-75(78)69-66-63-60-57-54-51-48-46-44-41-32-30-28-26-23-20-17-14-11-8-5-2/h7-12,16-21,25-28,31-33,35-36,38-39,41-43,49,52,58,61,72H,4-6,13-15,22-24,29-30,34,37,40,44-48,50-51,53-57,59-60,62-71H2,1-3H3/b10-7-,11-8-,12-9-,19-16-,20-17-,21-18-,27-25-,28-26-,33-31-,36-35-,39-38-,41-32-,43-42-,52-49-,61-58-. The summed E-state index contributed by atoms with van der Waals surface area (Å²) >= 11 is 0. The number of hydrogen-bond donors (Lipinski definition) is 0. The van der Waals surface area contributed by atoms with Crippen molar-refractivity contribution in [3.05, 3.63) is 182 Å². The van der Waals surface area contributed by atoms with Crippen molar-refractivity contribution in [2.24, 2.45) is 0 Å². The molecule has 0 bridgehead atoms. The fourth-order valence-corrected chi connectivity index (χ4v) is 8.19. The van der Waals surface area contributed by atoms with Gasteiger partial charge in [0.2, 0.25) is 0 Å². The maximum Gasteiger partial charge on any atom is 0.306 e. The van der Waals surface area contributed by atoms with E-state index >= 15 is 0 Å². The van der Waals surface area contributed by atoms with Gasteiger partial charge >= 0.3 is 17.9 Å². The molecule has 81 heavy (non-hydrogen) atoms. The molecule has 0 aliphatic carbocycles. The molecule has 1 unspecified atom stereocenters. The molecule has 452 valence electrons. The van der Waals surface area contributed by atoms with E-state index in [1.54, 1.807) is 0 Å². The first-order chi connectivity index (χ1) is 40.0. The summed E-state index contributed by atoms with van der Waals surface area (Å²) in [4.78, 5) is 38.3. The summed E-state index contributed by atoms with van der Waals surface area (Å²) in [5.74, 6) is -1.03. The van der Waals surface area contributed by atoms with E-state index in [1.165, 1.54) is 51.4 Å². The number of hydrogen-bond acceptors (Lipinski definition) is 6. The van der Waals surface area contributed by atoms with Crippen LogP contribution in [0, 0.1) is 0 Å². The van der Waals surface area contributed by atoms with Gasteiger partial charge in [0, 0.05) is 19.3 Å². The van der Waals surface area contributed by atoms with Gasteiger partial charge in [0.15, 0.2) is 6.10 Å². The van der Waals surface area contributed by atoms with Crippen LogP contribution >= 0.6 is 0 Å². The molecule has 0 radical (unpaired) electrons. The molecule has 0 aliphatic rings. The highest BCUT2D eigenvalue weighted by Crippen LogP contribution is 2.14. The second-order valence-corrected chi connectivity index (χ2v) is 20.5. The molecule has 0 heterocycles. The Balaban J connectivity index is 4.43. The second kappa shape index (κ2) is 67.0.